The van der Waals surface area contributed by atoms with Crippen molar-refractivity contribution in [2.45, 2.75) is 20.0 Å². The van der Waals surface area contributed by atoms with E-state index in [9.17, 15) is 13.6 Å². The van der Waals surface area contributed by atoms with E-state index in [0.29, 0.717) is 22.6 Å². The van der Waals surface area contributed by atoms with E-state index < -0.39 is 0 Å². The number of hydrogen-bond donors (Lipinski definition) is 1. The lowest BCUT2D eigenvalue weighted by molar-refractivity contribution is 0.0942. The maximum atomic E-state index is 14.2. The van der Waals surface area contributed by atoms with Gasteiger partial charge < -0.3 is 14.3 Å². The highest BCUT2D eigenvalue weighted by molar-refractivity contribution is 5.97. The van der Waals surface area contributed by atoms with Gasteiger partial charge in [-0.05, 0) is 30.7 Å². The summed E-state index contributed by atoms with van der Waals surface area (Å²) in [6.07, 6.45) is 0. The zero-order chi connectivity index (χ0) is 19.7. The second-order valence-electron chi connectivity index (χ2n) is 6.62. The molecule has 4 nitrogen and oxygen atoms in total. The maximum absolute atomic E-state index is 14.2. The first-order valence-electron chi connectivity index (χ1n) is 8.87. The normalized spacial score (nSPS) is 11.1. The van der Waals surface area contributed by atoms with Gasteiger partial charge in [0.15, 0.2) is 5.58 Å². The van der Waals surface area contributed by atoms with Crippen molar-refractivity contribution in [2.75, 3.05) is 0 Å². The van der Waals surface area contributed by atoms with Crippen molar-refractivity contribution in [3.05, 3.63) is 94.9 Å². The van der Waals surface area contributed by atoms with Gasteiger partial charge >= 0.3 is 0 Å². The van der Waals surface area contributed by atoms with Gasteiger partial charge in [-0.2, -0.15) is 0 Å². The van der Waals surface area contributed by atoms with Crippen LogP contribution in [0.15, 0.2) is 65.1 Å². The second kappa shape index (κ2) is 7.31. The van der Waals surface area contributed by atoms with E-state index in [1.807, 2.05) is 13.0 Å². The van der Waals surface area contributed by atoms with Gasteiger partial charge in [0, 0.05) is 24.2 Å². The molecule has 0 aliphatic rings. The largest absolute Gasteiger partial charge is 0.460 e. The summed E-state index contributed by atoms with van der Waals surface area (Å²) in [5.74, 6) is -0.262. The van der Waals surface area contributed by atoms with Crippen molar-refractivity contribution in [1.29, 1.82) is 0 Å². The molecule has 2 aromatic carbocycles. The highest BCUT2D eigenvalue weighted by Gasteiger charge is 2.19. The molecule has 0 bridgehead atoms. The summed E-state index contributed by atoms with van der Waals surface area (Å²) < 4.78 is 34.6. The number of benzene rings is 2. The zero-order valence-electron chi connectivity index (χ0n) is 15.2. The fourth-order valence-electron chi connectivity index (χ4n) is 3.20. The number of furan rings is 1. The quantitative estimate of drug-likeness (QED) is 0.541. The molecular weight excluding hydrogens is 362 g/mol. The van der Waals surface area contributed by atoms with Crippen LogP contribution in [0.5, 0.6) is 0 Å². The molecule has 0 aliphatic carbocycles. The lowest BCUT2D eigenvalue weighted by atomic mass is 10.2. The standard InChI is InChI=1S/C22H18F2N2O2/c1-14-10-19-21(28-14)11-20(26(19)13-16-4-2-3-5-18(16)24)22(27)25-12-15-6-8-17(23)9-7-15/h2-11H,12-13H2,1H3,(H,25,27). The Hall–Kier alpha value is -3.41. The number of fused-ring (bicyclic) bond motifs is 1. The van der Waals surface area contributed by atoms with Crippen molar-refractivity contribution < 1.29 is 18.0 Å². The summed E-state index contributed by atoms with van der Waals surface area (Å²) >= 11 is 0. The predicted molar refractivity (Wildman–Crippen MR) is 102 cm³/mol. The summed E-state index contributed by atoms with van der Waals surface area (Å²) in [6.45, 7) is 2.28. The fourth-order valence-corrected chi connectivity index (χ4v) is 3.20. The first kappa shape index (κ1) is 18.0. The van der Waals surface area contributed by atoms with Crippen molar-refractivity contribution >= 4 is 17.0 Å². The van der Waals surface area contributed by atoms with Gasteiger partial charge in [-0.15, -0.1) is 0 Å². The topological polar surface area (TPSA) is 47.2 Å². The third-order valence-corrected chi connectivity index (χ3v) is 4.60. The molecule has 6 heteroatoms. The number of carbonyl (C=O) groups excluding carboxylic acids is 1. The van der Waals surface area contributed by atoms with Gasteiger partial charge in [0.25, 0.3) is 5.91 Å². The van der Waals surface area contributed by atoms with E-state index in [-0.39, 0.29) is 30.6 Å². The van der Waals surface area contributed by atoms with Crippen molar-refractivity contribution in [1.82, 2.24) is 9.88 Å². The number of aromatic nitrogens is 1. The van der Waals surface area contributed by atoms with E-state index in [2.05, 4.69) is 5.32 Å². The Morgan fingerprint density at radius 3 is 2.57 bits per heavy atom. The molecule has 0 aliphatic heterocycles. The molecule has 142 valence electrons. The Morgan fingerprint density at radius 1 is 1.07 bits per heavy atom. The number of rotatable bonds is 5. The number of nitrogens with one attached hydrogen (secondary N) is 1. The van der Waals surface area contributed by atoms with E-state index in [1.165, 1.54) is 18.2 Å². The molecule has 2 heterocycles. The number of carbonyl (C=O) groups is 1. The van der Waals surface area contributed by atoms with Crippen molar-refractivity contribution in [3.8, 4) is 0 Å². The smallest absolute Gasteiger partial charge is 0.268 e. The maximum Gasteiger partial charge on any atom is 0.268 e. The molecule has 0 unspecified atom stereocenters. The molecule has 2 aromatic heterocycles. The van der Waals surface area contributed by atoms with Gasteiger partial charge in [-0.3, -0.25) is 4.79 Å². The van der Waals surface area contributed by atoms with E-state index in [0.717, 1.165) is 11.1 Å². The van der Waals surface area contributed by atoms with Crippen LogP contribution in [-0.4, -0.2) is 10.5 Å². The van der Waals surface area contributed by atoms with Gasteiger partial charge in [-0.25, -0.2) is 8.78 Å². The summed E-state index contributed by atoms with van der Waals surface area (Å²) in [7, 11) is 0. The first-order chi connectivity index (χ1) is 13.5. The number of amides is 1. The lowest BCUT2D eigenvalue weighted by Gasteiger charge is -2.11. The molecule has 0 radical (unpaired) electrons. The van der Waals surface area contributed by atoms with E-state index in [4.69, 9.17) is 4.42 Å². The highest BCUT2D eigenvalue weighted by Crippen LogP contribution is 2.25. The van der Waals surface area contributed by atoms with Crippen LogP contribution in [0.4, 0.5) is 8.78 Å². The molecular formula is C22H18F2N2O2. The van der Waals surface area contributed by atoms with Crippen LogP contribution >= 0.6 is 0 Å². The average molecular weight is 380 g/mol. The summed E-state index contributed by atoms with van der Waals surface area (Å²) in [5.41, 5.74) is 2.93. The van der Waals surface area contributed by atoms with Gasteiger partial charge in [0.2, 0.25) is 0 Å². The Morgan fingerprint density at radius 2 is 1.82 bits per heavy atom. The number of halogens is 2. The third kappa shape index (κ3) is 3.53. The third-order valence-electron chi connectivity index (χ3n) is 4.60. The highest BCUT2D eigenvalue weighted by atomic mass is 19.1. The molecule has 0 spiro atoms. The molecule has 0 saturated heterocycles. The fraction of sp³-hybridized carbons (Fsp3) is 0.136. The SMILES string of the molecule is Cc1cc2c(cc(C(=O)NCc3ccc(F)cc3)n2Cc2ccccc2F)o1. The van der Waals surface area contributed by atoms with Gasteiger partial charge in [0.1, 0.15) is 23.1 Å². The van der Waals surface area contributed by atoms with Crippen LogP contribution in [0, 0.1) is 18.6 Å². The molecule has 0 saturated carbocycles. The van der Waals surface area contributed by atoms with Crippen LogP contribution in [0.1, 0.15) is 27.4 Å². The Balaban J connectivity index is 1.64. The second-order valence-corrected chi connectivity index (χ2v) is 6.62. The molecule has 28 heavy (non-hydrogen) atoms. The van der Waals surface area contributed by atoms with Crippen LogP contribution in [0.3, 0.4) is 0 Å². The minimum Gasteiger partial charge on any atom is -0.460 e. The summed E-state index contributed by atoms with van der Waals surface area (Å²) in [6, 6.07) is 15.9. The number of hydrogen-bond acceptors (Lipinski definition) is 2. The predicted octanol–water partition coefficient (Wildman–Crippen LogP) is 4.80. The molecule has 1 N–H and O–H groups in total. The molecule has 0 atom stereocenters. The number of aryl methyl sites for hydroxylation is 1. The van der Waals surface area contributed by atoms with Gasteiger partial charge in [0.05, 0.1) is 12.1 Å². The minimum atomic E-state index is -0.331. The van der Waals surface area contributed by atoms with Crippen LogP contribution in [0.25, 0.3) is 11.1 Å². The molecule has 1 amide bonds. The molecule has 4 aromatic rings. The lowest BCUT2D eigenvalue weighted by Crippen LogP contribution is -2.25. The van der Waals surface area contributed by atoms with E-state index in [1.54, 1.807) is 41.0 Å². The van der Waals surface area contributed by atoms with Crippen molar-refractivity contribution in [3.63, 3.8) is 0 Å². The van der Waals surface area contributed by atoms with E-state index >= 15 is 0 Å². The van der Waals surface area contributed by atoms with Gasteiger partial charge in [-0.1, -0.05) is 30.3 Å². The Bertz CT molecular complexity index is 1140. The number of nitrogens with zero attached hydrogens (tertiary/aromatic N) is 1. The first-order valence-corrected chi connectivity index (χ1v) is 8.87. The Kier molecular flexibility index (Phi) is 4.69. The van der Waals surface area contributed by atoms with Crippen LogP contribution < -0.4 is 5.32 Å². The summed E-state index contributed by atoms with van der Waals surface area (Å²) in [5, 5.41) is 2.82. The van der Waals surface area contributed by atoms with Crippen LogP contribution in [0.2, 0.25) is 0 Å². The minimum absolute atomic E-state index is 0.203. The van der Waals surface area contributed by atoms with Crippen LogP contribution in [-0.2, 0) is 13.1 Å². The van der Waals surface area contributed by atoms with Crippen molar-refractivity contribution in [2.24, 2.45) is 0 Å². The molecule has 4 rings (SSSR count). The summed E-state index contributed by atoms with van der Waals surface area (Å²) in [4.78, 5) is 12.8. The Labute approximate surface area is 160 Å². The monoisotopic (exact) mass is 380 g/mol. The molecule has 0 fully saturated rings. The average Bonchev–Trinajstić information content (AvgIpc) is 3.20. The zero-order valence-corrected chi connectivity index (χ0v) is 15.2.